The zero-order valence-electron chi connectivity index (χ0n) is 17.3. The Bertz CT molecular complexity index is 1270. The molecule has 0 spiro atoms. The highest BCUT2D eigenvalue weighted by molar-refractivity contribution is 9.10. The molecule has 4 rings (SSSR count). The molecule has 1 saturated carbocycles. The number of hydrogen-bond acceptors (Lipinski definition) is 4. The monoisotopic (exact) mass is 512 g/mol. The summed E-state index contributed by atoms with van der Waals surface area (Å²) in [5.74, 6) is -0.652. The molecular formula is C24H21BrN2O4S. The third-order valence-corrected chi connectivity index (χ3v) is 7.78. The number of carbonyl (C=O) groups is 2. The smallest absolute Gasteiger partial charge is 0.255 e. The van der Waals surface area contributed by atoms with Crippen molar-refractivity contribution in [2.45, 2.75) is 23.8 Å². The van der Waals surface area contributed by atoms with Gasteiger partial charge in [0.25, 0.3) is 5.91 Å². The van der Waals surface area contributed by atoms with Crippen LogP contribution in [0.15, 0.2) is 82.2 Å². The normalized spacial score (nSPS) is 13.7. The minimum absolute atomic E-state index is 0.0564. The zero-order valence-corrected chi connectivity index (χ0v) is 19.7. The van der Waals surface area contributed by atoms with Crippen molar-refractivity contribution in [3.63, 3.8) is 0 Å². The Kier molecular flexibility index (Phi) is 6.28. The van der Waals surface area contributed by atoms with Crippen molar-refractivity contribution in [1.29, 1.82) is 0 Å². The molecule has 0 radical (unpaired) electrons. The number of sulfonamides is 1. The van der Waals surface area contributed by atoms with E-state index >= 15 is 0 Å². The Morgan fingerprint density at radius 1 is 0.938 bits per heavy atom. The van der Waals surface area contributed by atoms with Crippen LogP contribution in [0.3, 0.4) is 0 Å². The van der Waals surface area contributed by atoms with Crippen LogP contribution in [0.5, 0.6) is 0 Å². The molecule has 1 aliphatic rings. The molecule has 0 heterocycles. The highest BCUT2D eigenvalue weighted by atomic mass is 79.9. The summed E-state index contributed by atoms with van der Waals surface area (Å²) >= 11 is 3.38. The molecule has 164 valence electrons. The van der Waals surface area contributed by atoms with Gasteiger partial charge >= 0.3 is 0 Å². The van der Waals surface area contributed by atoms with Crippen molar-refractivity contribution in [1.82, 2.24) is 4.31 Å². The number of rotatable bonds is 7. The van der Waals surface area contributed by atoms with E-state index in [1.807, 2.05) is 6.07 Å². The lowest BCUT2D eigenvalue weighted by atomic mass is 10.0. The molecule has 0 unspecified atom stereocenters. The number of anilines is 1. The van der Waals surface area contributed by atoms with Crippen LogP contribution in [-0.2, 0) is 10.0 Å². The molecule has 0 saturated heterocycles. The first kappa shape index (κ1) is 22.4. The molecule has 3 aromatic rings. The Morgan fingerprint density at radius 2 is 1.59 bits per heavy atom. The lowest BCUT2D eigenvalue weighted by Gasteiger charge is -2.16. The van der Waals surface area contributed by atoms with Crippen LogP contribution in [0, 0.1) is 0 Å². The number of carbonyl (C=O) groups excluding carboxylic acids is 2. The molecule has 32 heavy (non-hydrogen) atoms. The molecule has 0 atom stereocenters. The van der Waals surface area contributed by atoms with E-state index in [0.717, 1.165) is 12.8 Å². The lowest BCUT2D eigenvalue weighted by Crippen LogP contribution is -2.29. The van der Waals surface area contributed by atoms with Gasteiger partial charge in [-0.05, 0) is 55.3 Å². The van der Waals surface area contributed by atoms with Gasteiger partial charge in [-0.1, -0.05) is 46.3 Å². The number of nitrogens with zero attached hydrogens (tertiary/aromatic N) is 1. The second-order valence-electron chi connectivity index (χ2n) is 7.62. The van der Waals surface area contributed by atoms with E-state index in [4.69, 9.17) is 0 Å². The number of hydrogen-bond donors (Lipinski definition) is 1. The van der Waals surface area contributed by atoms with Crippen LogP contribution < -0.4 is 5.32 Å². The second-order valence-corrected chi connectivity index (χ2v) is 10.5. The van der Waals surface area contributed by atoms with Crippen molar-refractivity contribution in [3.8, 4) is 0 Å². The highest BCUT2D eigenvalue weighted by Crippen LogP contribution is 2.30. The predicted octanol–water partition coefficient (Wildman–Crippen LogP) is 4.72. The maximum atomic E-state index is 13.0. The number of halogens is 1. The molecule has 0 bridgehead atoms. The molecule has 3 aromatic carbocycles. The summed E-state index contributed by atoms with van der Waals surface area (Å²) in [5.41, 5.74) is 1.52. The average Bonchev–Trinajstić information content (AvgIpc) is 3.65. The van der Waals surface area contributed by atoms with Crippen molar-refractivity contribution in [2.75, 3.05) is 12.4 Å². The molecule has 8 heteroatoms. The highest BCUT2D eigenvalue weighted by Gasteiger charge is 2.35. The number of nitrogens with one attached hydrogen (secondary N) is 1. The van der Waals surface area contributed by atoms with E-state index in [-0.39, 0.29) is 16.7 Å². The van der Waals surface area contributed by atoms with Crippen LogP contribution in [0.4, 0.5) is 5.69 Å². The second kappa shape index (κ2) is 8.97. The summed E-state index contributed by atoms with van der Waals surface area (Å²) in [7, 11) is -2.00. The molecule has 1 amide bonds. The van der Waals surface area contributed by atoms with Crippen LogP contribution >= 0.6 is 15.9 Å². The van der Waals surface area contributed by atoms with Gasteiger partial charge < -0.3 is 5.32 Å². The Hall–Kier alpha value is -2.81. The van der Waals surface area contributed by atoms with Crippen molar-refractivity contribution in [3.05, 3.63) is 94.0 Å². The van der Waals surface area contributed by atoms with E-state index in [2.05, 4.69) is 21.2 Å². The Labute approximate surface area is 195 Å². The predicted molar refractivity (Wildman–Crippen MR) is 126 cm³/mol. The number of ketones is 1. The molecule has 1 aliphatic carbocycles. The fraction of sp³-hybridized carbons (Fsp3) is 0.167. The Morgan fingerprint density at radius 3 is 2.22 bits per heavy atom. The van der Waals surface area contributed by atoms with Gasteiger partial charge in [0.15, 0.2) is 5.78 Å². The maximum Gasteiger partial charge on any atom is 0.255 e. The van der Waals surface area contributed by atoms with E-state index in [1.54, 1.807) is 49.5 Å². The topological polar surface area (TPSA) is 83.6 Å². The summed E-state index contributed by atoms with van der Waals surface area (Å²) in [4.78, 5) is 25.9. The Balaban J connectivity index is 1.56. The first-order valence-corrected chi connectivity index (χ1v) is 12.3. The summed E-state index contributed by atoms with van der Waals surface area (Å²) in [6.07, 6.45) is 1.74. The first-order chi connectivity index (χ1) is 15.3. The molecule has 1 N–H and O–H groups in total. The summed E-state index contributed by atoms with van der Waals surface area (Å²) < 4.78 is 27.4. The van der Waals surface area contributed by atoms with Crippen molar-refractivity contribution in [2.24, 2.45) is 0 Å². The van der Waals surface area contributed by atoms with E-state index in [0.29, 0.717) is 26.9 Å². The van der Waals surface area contributed by atoms with Crippen LogP contribution in [0.25, 0.3) is 0 Å². The third-order valence-electron chi connectivity index (χ3n) is 5.37. The van der Waals surface area contributed by atoms with Gasteiger partial charge in [-0.3, -0.25) is 9.59 Å². The van der Waals surface area contributed by atoms with Gasteiger partial charge in [0, 0.05) is 34.3 Å². The molecule has 0 aliphatic heterocycles. The van der Waals surface area contributed by atoms with Gasteiger partial charge in [-0.15, -0.1) is 0 Å². The number of benzene rings is 3. The van der Waals surface area contributed by atoms with Crippen LogP contribution in [0.2, 0.25) is 0 Å². The molecular weight excluding hydrogens is 492 g/mol. The van der Waals surface area contributed by atoms with Gasteiger partial charge in [0.1, 0.15) is 0 Å². The fourth-order valence-corrected chi connectivity index (χ4v) is 5.11. The van der Waals surface area contributed by atoms with Crippen LogP contribution in [0.1, 0.15) is 39.1 Å². The van der Waals surface area contributed by atoms with Gasteiger partial charge in [0.2, 0.25) is 10.0 Å². The third kappa shape index (κ3) is 4.67. The standard InChI is InChI=1S/C24H21BrN2O4S/c1-27(19-10-11-19)32(30,31)20-12-7-17(8-13-20)24(29)26-22-14-9-18(25)15-21(22)23(28)16-5-3-2-4-6-16/h2-9,12-15,19H,10-11H2,1H3,(H,26,29). The van der Waals surface area contributed by atoms with Crippen molar-refractivity contribution < 1.29 is 18.0 Å². The maximum absolute atomic E-state index is 13.0. The minimum Gasteiger partial charge on any atom is -0.321 e. The summed E-state index contributed by atoms with van der Waals surface area (Å²) in [6.45, 7) is 0. The number of amides is 1. The van der Waals surface area contributed by atoms with E-state index < -0.39 is 15.9 Å². The summed E-state index contributed by atoms with van der Waals surface area (Å²) in [6, 6.07) is 19.7. The zero-order chi connectivity index (χ0) is 22.9. The largest absolute Gasteiger partial charge is 0.321 e. The molecule has 1 fully saturated rings. The van der Waals surface area contributed by atoms with Gasteiger partial charge in [-0.2, -0.15) is 4.31 Å². The van der Waals surface area contributed by atoms with Gasteiger partial charge in [0.05, 0.1) is 10.6 Å². The fourth-order valence-electron chi connectivity index (χ4n) is 3.33. The quantitative estimate of drug-likeness (QED) is 0.464. The van der Waals surface area contributed by atoms with Crippen LogP contribution in [-0.4, -0.2) is 37.5 Å². The first-order valence-electron chi connectivity index (χ1n) is 10.1. The molecule has 6 nitrogen and oxygen atoms in total. The molecule has 0 aromatic heterocycles. The minimum atomic E-state index is -3.58. The van der Waals surface area contributed by atoms with Crippen molar-refractivity contribution >= 4 is 43.3 Å². The SMILES string of the molecule is CN(C1CC1)S(=O)(=O)c1ccc(C(=O)Nc2ccc(Br)cc2C(=O)c2ccccc2)cc1. The summed E-state index contributed by atoms with van der Waals surface area (Å²) in [5, 5.41) is 2.77. The average molecular weight is 513 g/mol. The van der Waals surface area contributed by atoms with E-state index in [9.17, 15) is 18.0 Å². The van der Waals surface area contributed by atoms with Gasteiger partial charge in [-0.25, -0.2) is 8.42 Å². The van der Waals surface area contributed by atoms with E-state index in [1.165, 1.54) is 28.6 Å². The lowest BCUT2D eigenvalue weighted by molar-refractivity contribution is 0.102.